The first-order chi connectivity index (χ1) is 14.4. The Labute approximate surface area is 178 Å². The highest BCUT2D eigenvalue weighted by Crippen LogP contribution is 2.33. The van der Waals surface area contributed by atoms with Gasteiger partial charge in [-0.25, -0.2) is 8.42 Å². The van der Waals surface area contributed by atoms with Crippen LogP contribution in [0.1, 0.15) is 29.4 Å². The number of aromatic nitrogens is 2. The molecule has 172 valence electrons. The average molecular weight is 462 g/mol. The number of nitrogens with zero attached hydrogens (tertiary/aromatic N) is 2. The number of rotatable bonds is 9. The number of hydrogen-bond acceptors (Lipinski definition) is 5. The predicted molar refractivity (Wildman–Crippen MR) is 107 cm³/mol. The summed E-state index contributed by atoms with van der Waals surface area (Å²) in [6.07, 6.45) is -4.85. The SMILES string of the molecule is COCCn1nc(C)c(CNC(=O)[C@H](C)NS(=O)(=O)c2ccccc2C(F)(F)F)c1C. The molecule has 1 amide bonds. The molecule has 2 rings (SSSR count). The van der Waals surface area contributed by atoms with Crippen LogP contribution in [0, 0.1) is 13.8 Å². The Morgan fingerprint density at radius 1 is 1.26 bits per heavy atom. The van der Waals surface area contributed by atoms with Gasteiger partial charge >= 0.3 is 6.18 Å². The lowest BCUT2D eigenvalue weighted by Crippen LogP contribution is -2.44. The third-order valence-corrected chi connectivity index (χ3v) is 6.28. The Morgan fingerprint density at radius 3 is 2.52 bits per heavy atom. The van der Waals surface area contributed by atoms with Gasteiger partial charge in [0.25, 0.3) is 0 Å². The lowest BCUT2D eigenvalue weighted by atomic mass is 10.2. The van der Waals surface area contributed by atoms with Gasteiger partial charge in [0.05, 0.1) is 35.3 Å². The van der Waals surface area contributed by atoms with Crippen LogP contribution in [0.4, 0.5) is 13.2 Å². The highest BCUT2D eigenvalue weighted by atomic mass is 32.2. The van der Waals surface area contributed by atoms with Crippen molar-refractivity contribution in [3.8, 4) is 0 Å². The molecule has 12 heteroatoms. The van der Waals surface area contributed by atoms with Crippen LogP contribution in [-0.4, -0.2) is 43.9 Å². The molecule has 1 atom stereocenters. The number of benzene rings is 1. The fraction of sp³-hybridized carbons (Fsp3) is 0.474. The van der Waals surface area contributed by atoms with E-state index < -0.39 is 38.6 Å². The molecule has 0 aliphatic heterocycles. The number of carbonyl (C=O) groups excluding carboxylic acids is 1. The molecule has 2 N–H and O–H groups in total. The summed E-state index contributed by atoms with van der Waals surface area (Å²) >= 11 is 0. The van der Waals surface area contributed by atoms with E-state index in [2.05, 4.69) is 10.4 Å². The van der Waals surface area contributed by atoms with E-state index >= 15 is 0 Å². The fourth-order valence-electron chi connectivity index (χ4n) is 3.00. The molecular weight excluding hydrogens is 437 g/mol. The zero-order valence-corrected chi connectivity index (χ0v) is 18.4. The van der Waals surface area contributed by atoms with Gasteiger partial charge < -0.3 is 10.1 Å². The zero-order valence-electron chi connectivity index (χ0n) is 17.6. The standard InChI is InChI=1S/C19H25F3N4O4S/c1-12-15(14(3)26(24-12)9-10-30-4)11-23-18(27)13(2)25-31(28,29)17-8-6-5-7-16(17)19(20,21)22/h5-8,13,25H,9-11H2,1-4H3,(H,23,27)/t13-/m0/s1. The molecule has 0 bridgehead atoms. The second-order valence-corrected chi connectivity index (χ2v) is 8.60. The van der Waals surface area contributed by atoms with E-state index in [0.717, 1.165) is 23.4 Å². The molecule has 0 spiro atoms. The van der Waals surface area contributed by atoms with E-state index in [9.17, 15) is 26.4 Å². The van der Waals surface area contributed by atoms with Crippen molar-refractivity contribution in [2.45, 2.75) is 51.0 Å². The Bertz CT molecular complexity index is 1040. The number of sulfonamides is 1. The summed E-state index contributed by atoms with van der Waals surface area (Å²) < 4.78 is 73.2. The van der Waals surface area contributed by atoms with Gasteiger partial charge in [0, 0.05) is 24.9 Å². The second kappa shape index (κ2) is 9.79. The van der Waals surface area contributed by atoms with Gasteiger partial charge in [-0.3, -0.25) is 9.48 Å². The molecular formula is C19H25F3N4O4S. The van der Waals surface area contributed by atoms with Crippen molar-refractivity contribution in [3.05, 3.63) is 46.8 Å². The molecule has 0 aliphatic carbocycles. The quantitative estimate of drug-likeness (QED) is 0.595. The maximum atomic E-state index is 13.2. The third kappa shape index (κ3) is 6.05. The number of amides is 1. The van der Waals surface area contributed by atoms with E-state index in [1.807, 2.05) is 11.6 Å². The Kier molecular flexibility index (Phi) is 7.84. The minimum Gasteiger partial charge on any atom is -0.383 e. The predicted octanol–water partition coefficient (Wildman–Crippen LogP) is 2.15. The average Bonchev–Trinajstić information content (AvgIpc) is 2.96. The Balaban J connectivity index is 2.10. The Morgan fingerprint density at radius 2 is 1.90 bits per heavy atom. The van der Waals surface area contributed by atoms with Crippen LogP contribution in [-0.2, 0) is 38.8 Å². The number of aryl methyl sites for hydroxylation is 1. The van der Waals surface area contributed by atoms with Crippen LogP contribution in [0.2, 0.25) is 0 Å². The molecule has 1 aromatic carbocycles. The van der Waals surface area contributed by atoms with Gasteiger partial charge in [0.15, 0.2) is 0 Å². The molecule has 1 aromatic heterocycles. The third-order valence-electron chi connectivity index (χ3n) is 4.69. The van der Waals surface area contributed by atoms with Crippen molar-refractivity contribution >= 4 is 15.9 Å². The van der Waals surface area contributed by atoms with E-state index in [1.54, 1.807) is 18.7 Å². The summed E-state index contributed by atoms with van der Waals surface area (Å²) in [5.41, 5.74) is 0.982. The van der Waals surface area contributed by atoms with Crippen LogP contribution < -0.4 is 10.0 Å². The van der Waals surface area contributed by atoms with Crippen molar-refractivity contribution in [2.75, 3.05) is 13.7 Å². The number of carbonyl (C=O) groups is 1. The first kappa shape index (κ1) is 24.8. The summed E-state index contributed by atoms with van der Waals surface area (Å²) in [5.74, 6) is -0.684. The number of methoxy groups -OCH3 is 1. The van der Waals surface area contributed by atoms with Gasteiger partial charge in [0.1, 0.15) is 0 Å². The summed E-state index contributed by atoms with van der Waals surface area (Å²) in [6, 6.07) is 2.50. The molecule has 0 saturated carbocycles. The molecule has 2 aromatic rings. The van der Waals surface area contributed by atoms with Crippen LogP contribution in [0.25, 0.3) is 0 Å². The summed E-state index contributed by atoms with van der Waals surface area (Å²) in [5, 5.41) is 6.97. The molecule has 0 fully saturated rings. The fourth-order valence-corrected chi connectivity index (χ4v) is 4.43. The van der Waals surface area contributed by atoms with Crippen molar-refractivity contribution in [1.82, 2.24) is 19.8 Å². The molecule has 0 saturated heterocycles. The second-order valence-electron chi connectivity index (χ2n) is 6.92. The number of hydrogen-bond donors (Lipinski definition) is 2. The van der Waals surface area contributed by atoms with Crippen molar-refractivity contribution < 1.29 is 31.1 Å². The lowest BCUT2D eigenvalue weighted by Gasteiger charge is -2.17. The lowest BCUT2D eigenvalue weighted by molar-refractivity contribution is -0.139. The van der Waals surface area contributed by atoms with Crippen LogP contribution in [0.5, 0.6) is 0 Å². The summed E-state index contributed by atoms with van der Waals surface area (Å²) in [7, 11) is -3.01. The van der Waals surface area contributed by atoms with Gasteiger partial charge in [-0.2, -0.15) is 23.0 Å². The zero-order chi connectivity index (χ0) is 23.4. The monoisotopic (exact) mass is 462 g/mol. The molecule has 8 nitrogen and oxygen atoms in total. The largest absolute Gasteiger partial charge is 0.417 e. The molecule has 0 radical (unpaired) electrons. The van der Waals surface area contributed by atoms with E-state index in [4.69, 9.17) is 4.74 Å². The molecule has 31 heavy (non-hydrogen) atoms. The summed E-state index contributed by atoms with van der Waals surface area (Å²) in [4.78, 5) is 11.5. The van der Waals surface area contributed by atoms with Crippen LogP contribution in [0.3, 0.4) is 0 Å². The number of halogens is 3. The Hall–Kier alpha value is -2.44. The van der Waals surface area contributed by atoms with Crippen LogP contribution >= 0.6 is 0 Å². The van der Waals surface area contributed by atoms with E-state index in [1.165, 1.54) is 13.0 Å². The van der Waals surface area contributed by atoms with Crippen molar-refractivity contribution in [1.29, 1.82) is 0 Å². The maximum absolute atomic E-state index is 13.2. The van der Waals surface area contributed by atoms with Crippen LogP contribution in [0.15, 0.2) is 29.2 Å². The molecule has 0 unspecified atom stereocenters. The smallest absolute Gasteiger partial charge is 0.383 e. The highest BCUT2D eigenvalue weighted by molar-refractivity contribution is 7.89. The number of nitrogens with one attached hydrogen (secondary N) is 2. The van der Waals surface area contributed by atoms with Gasteiger partial charge in [-0.15, -0.1) is 0 Å². The highest BCUT2D eigenvalue weighted by Gasteiger charge is 2.37. The maximum Gasteiger partial charge on any atom is 0.417 e. The van der Waals surface area contributed by atoms with Crippen molar-refractivity contribution in [2.24, 2.45) is 0 Å². The van der Waals surface area contributed by atoms with Gasteiger partial charge in [0.2, 0.25) is 15.9 Å². The molecule has 1 heterocycles. The summed E-state index contributed by atoms with van der Waals surface area (Å²) in [6.45, 7) is 5.95. The number of alkyl halides is 3. The normalized spacial score (nSPS) is 13.3. The topological polar surface area (TPSA) is 102 Å². The van der Waals surface area contributed by atoms with E-state index in [0.29, 0.717) is 24.9 Å². The van der Waals surface area contributed by atoms with Gasteiger partial charge in [-0.1, -0.05) is 12.1 Å². The molecule has 0 aliphatic rings. The minimum atomic E-state index is -4.85. The van der Waals surface area contributed by atoms with E-state index in [-0.39, 0.29) is 6.54 Å². The minimum absolute atomic E-state index is 0.0920. The number of ether oxygens (including phenoxy) is 1. The first-order valence-corrected chi connectivity index (χ1v) is 10.8. The van der Waals surface area contributed by atoms with Gasteiger partial charge in [-0.05, 0) is 32.9 Å². The van der Waals surface area contributed by atoms with Crippen molar-refractivity contribution in [3.63, 3.8) is 0 Å². The first-order valence-electron chi connectivity index (χ1n) is 9.36.